The quantitative estimate of drug-likeness (QED) is 0.363. The molecule has 0 N–H and O–H groups in total. The Morgan fingerprint density at radius 2 is 2.25 bits per heavy atom. The van der Waals surface area contributed by atoms with Crippen LogP contribution in [0.2, 0.25) is 0 Å². The first-order valence-corrected chi connectivity index (χ1v) is 1.49. The molecular weight excluding hydrogens is 52.0 g/mol. The van der Waals surface area contributed by atoms with Crippen molar-refractivity contribution in [3.05, 3.63) is 6.10 Å². The molecule has 1 saturated heterocycles. The van der Waals surface area contributed by atoms with Gasteiger partial charge in [0.1, 0.15) is 6.10 Å². The van der Waals surface area contributed by atoms with Gasteiger partial charge in [0.25, 0.3) is 0 Å². The summed E-state index contributed by atoms with van der Waals surface area (Å²) >= 11 is 0. The molecule has 1 nitrogen and oxygen atoms in total. The molecule has 0 aromatic carbocycles. The van der Waals surface area contributed by atoms with Crippen molar-refractivity contribution in [1.29, 1.82) is 0 Å². The zero-order chi connectivity index (χ0) is 2.57. The Labute approximate surface area is 24.6 Å². The highest BCUT2D eigenvalue weighted by Crippen LogP contribution is 2.54. The molecule has 2 aliphatic rings. The third kappa shape index (κ3) is 0.0285. The second-order valence-corrected chi connectivity index (χ2v) is 1.28. The van der Waals surface area contributed by atoms with Crippen LogP contribution in [-0.2, 0) is 4.74 Å². The van der Waals surface area contributed by atoms with Gasteiger partial charge < -0.3 is 4.74 Å². The average Bonchev–Trinajstić information content (AvgIpc) is 1.36. The van der Waals surface area contributed by atoms with Crippen molar-refractivity contribution in [1.82, 2.24) is 0 Å². The van der Waals surface area contributed by atoms with Gasteiger partial charge >= 0.3 is 0 Å². The minimum atomic E-state index is 0.667. The van der Waals surface area contributed by atoms with Crippen molar-refractivity contribution in [3.8, 4) is 0 Å². The summed E-state index contributed by atoms with van der Waals surface area (Å²) < 4.78 is 4.72. The predicted octanol–water partition coefficient (Wildman–Crippen LogP) is 0.321. The molecular formula is C3H3O. The van der Waals surface area contributed by atoms with E-state index in [0.717, 1.165) is 0 Å². The summed E-state index contributed by atoms with van der Waals surface area (Å²) in [6.07, 6.45) is 3.28. The van der Waals surface area contributed by atoms with Crippen LogP contribution in [0.15, 0.2) is 0 Å². The summed E-state index contributed by atoms with van der Waals surface area (Å²) in [7, 11) is 0. The Morgan fingerprint density at radius 3 is 2.25 bits per heavy atom. The Bertz CT molecular complexity index is 39.2. The van der Waals surface area contributed by atoms with Gasteiger partial charge in [0.2, 0.25) is 0 Å². The van der Waals surface area contributed by atoms with Crippen LogP contribution in [0, 0.1) is 6.10 Å². The maximum Gasteiger partial charge on any atom is 0.129 e. The van der Waals surface area contributed by atoms with Crippen LogP contribution in [0.3, 0.4) is 0 Å². The van der Waals surface area contributed by atoms with Gasteiger partial charge in [-0.25, -0.2) is 0 Å². The molecule has 1 radical (unpaired) electrons. The topological polar surface area (TPSA) is 12.5 Å². The van der Waals surface area contributed by atoms with E-state index in [2.05, 4.69) is 0 Å². The molecule has 1 heterocycles. The molecule has 1 aliphatic carbocycles. The maximum absolute atomic E-state index is 4.72. The van der Waals surface area contributed by atoms with Gasteiger partial charge in [-0.05, 0) is 0 Å². The van der Waals surface area contributed by atoms with Crippen molar-refractivity contribution >= 4 is 0 Å². The van der Waals surface area contributed by atoms with E-state index in [-0.39, 0.29) is 0 Å². The number of hydrogen-bond acceptors (Lipinski definition) is 1. The molecule has 2 rings (SSSR count). The number of epoxide rings is 1. The lowest BCUT2D eigenvalue weighted by Gasteiger charge is -1.65. The van der Waals surface area contributed by atoms with E-state index in [1.807, 2.05) is 0 Å². The lowest BCUT2D eigenvalue weighted by molar-refractivity contribution is 0.340. The van der Waals surface area contributed by atoms with Crippen LogP contribution >= 0.6 is 0 Å². The van der Waals surface area contributed by atoms with Gasteiger partial charge in [0.05, 0.1) is 6.10 Å². The van der Waals surface area contributed by atoms with Crippen molar-refractivity contribution < 1.29 is 4.74 Å². The van der Waals surface area contributed by atoms with Gasteiger partial charge in [-0.2, -0.15) is 0 Å². The monoisotopic (exact) mass is 55.0 g/mol. The van der Waals surface area contributed by atoms with Crippen molar-refractivity contribution in [2.45, 2.75) is 12.5 Å². The fraction of sp³-hybridized carbons (Fsp3) is 0.667. The molecule has 0 spiro atoms. The standard InChI is InChI=1S/C3H3O/c1-2-3(1)4-2/h2H,1H2. The Hall–Kier alpha value is -0.0400. The van der Waals surface area contributed by atoms with E-state index in [0.29, 0.717) is 6.10 Å². The first-order valence-electron chi connectivity index (χ1n) is 1.49. The van der Waals surface area contributed by atoms with Gasteiger partial charge in [0.15, 0.2) is 0 Å². The Kier molecular flexibility index (Phi) is 0.0633. The molecule has 1 atom stereocenters. The van der Waals surface area contributed by atoms with E-state index in [1.165, 1.54) is 12.5 Å². The SMILES string of the molecule is C1[C]2OC12. The normalized spacial score (nSPS) is 52.5. The predicted molar refractivity (Wildman–Crippen MR) is 12.7 cm³/mol. The molecule has 1 unspecified atom stereocenters. The second kappa shape index (κ2) is 0.179. The Balaban J connectivity index is 2.48. The molecule has 1 saturated carbocycles. The summed E-state index contributed by atoms with van der Waals surface area (Å²) in [5.74, 6) is 0. The summed E-state index contributed by atoms with van der Waals surface area (Å²) in [6, 6.07) is 0. The zero-order valence-electron chi connectivity index (χ0n) is 2.19. The van der Waals surface area contributed by atoms with E-state index in [4.69, 9.17) is 4.74 Å². The fourth-order valence-electron chi connectivity index (χ4n) is 0.263. The lowest BCUT2D eigenvalue weighted by Crippen LogP contribution is -1.58. The smallest absolute Gasteiger partial charge is 0.129 e. The Morgan fingerprint density at radius 1 is 2.00 bits per heavy atom. The molecule has 1 heteroatoms. The van der Waals surface area contributed by atoms with Gasteiger partial charge in [0, 0.05) is 6.42 Å². The minimum Gasteiger partial charge on any atom is -0.363 e. The number of ether oxygens (including phenoxy) is 1. The van der Waals surface area contributed by atoms with Gasteiger partial charge in [-0.3, -0.25) is 0 Å². The summed E-state index contributed by atoms with van der Waals surface area (Å²) in [5, 5.41) is 0. The van der Waals surface area contributed by atoms with Crippen LogP contribution in [0.4, 0.5) is 0 Å². The van der Waals surface area contributed by atoms with E-state index < -0.39 is 0 Å². The number of fused-ring (bicyclic) bond motifs is 1. The first-order chi connectivity index (χ1) is 1.97. The number of hydrogen-bond donors (Lipinski definition) is 0. The van der Waals surface area contributed by atoms with Crippen LogP contribution in [-0.4, -0.2) is 6.10 Å². The molecule has 0 aromatic heterocycles. The first kappa shape index (κ1) is 1.41. The second-order valence-electron chi connectivity index (χ2n) is 1.28. The van der Waals surface area contributed by atoms with Gasteiger partial charge in [-0.15, -0.1) is 0 Å². The third-order valence-corrected chi connectivity index (χ3v) is 0.822. The van der Waals surface area contributed by atoms with Crippen molar-refractivity contribution in [2.24, 2.45) is 0 Å². The van der Waals surface area contributed by atoms with Crippen LogP contribution in [0.1, 0.15) is 6.42 Å². The fourth-order valence-corrected chi connectivity index (χ4v) is 0.263. The highest BCUT2D eigenvalue weighted by molar-refractivity contribution is 5.23. The average molecular weight is 55.1 g/mol. The van der Waals surface area contributed by atoms with Crippen molar-refractivity contribution in [3.63, 3.8) is 0 Å². The largest absolute Gasteiger partial charge is 0.363 e. The van der Waals surface area contributed by atoms with E-state index in [1.54, 1.807) is 0 Å². The van der Waals surface area contributed by atoms with Crippen LogP contribution in [0.25, 0.3) is 0 Å². The van der Waals surface area contributed by atoms with Crippen LogP contribution in [0.5, 0.6) is 0 Å². The minimum absolute atomic E-state index is 0.667. The highest BCUT2D eigenvalue weighted by Gasteiger charge is 2.57. The zero-order valence-corrected chi connectivity index (χ0v) is 2.19. The van der Waals surface area contributed by atoms with E-state index >= 15 is 0 Å². The molecule has 1 aliphatic heterocycles. The summed E-state index contributed by atoms with van der Waals surface area (Å²) in [5.41, 5.74) is 0. The van der Waals surface area contributed by atoms with Crippen LogP contribution < -0.4 is 0 Å². The summed E-state index contributed by atoms with van der Waals surface area (Å²) in [6.45, 7) is 0. The molecule has 2 fully saturated rings. The molecule has 4 heavy (non-hydrogen) atoms. The summed E-state index contributed by atoms with van der Waals surface area (Å²) in [4.78, 5) is 0. The lowest BCUT2D eigenvalue weighted by atomic mass is 10.9. The molecule has 0 aromatic rings. The molecule has 0 amide bonds. The highest BCUT2D eigenvalue weighted by atomic mass is 16.6. The molecule has 0 bridgehead atoms. The number of rotatable bonds is 0. The van der Waals surface area contributed by atoms with Crippen molar-refractivity contribution in [2.75, 3.05) is 0 Å². The van der Waals surface area contributed by atoms with E-state index in [9.17, 15) is 0 Å². The van der Waals surface area contributed by atoms with Gasteiger partial charge in [-0.1, -0.05) is 0 Å². The maximum atomic E-state index is 4.72. The molecule has 21 valence electrons. The third-order valence-electron chi connectivity index (χ3n) is 0.822.